The number of fused-ring (bicyclic) bond motifs is 1. The van der Waals surface area contributed by atoms with Crippen molar-refractivity contribution in [3.63, 3.8) is 0 Å². The molecule has 0 saturated carbocycles. The van der Waals surface area contributed by atoms with E-state index < -0.39 is 41.2 Å². The molecule has 1 aliphatic rings. The maximum atomic E-state index is 13.8. The maximum Gasteiger partial charge on any atom is 0.523 e. The predicted molar refractivity (Wildman–Crippen MR) is 77.7 cm³/mol. The summed E-state index contributed by atoms with van der Waals surface area (Å²) in [4.78, 5) is -1.30. The van der Waals surface area contributed by atoms with Crippen LogP contribution in [0.3, 0.4) is 0 Å². The molecule has 0 aliphatic carbocycles. The standard InChI is InChI=1S/C12H9ClF6O3S2/c1-2-9-5-7-3-4-8(13)6-10(7)23(9,11(14,15)16)22-24(20,21)12(17,18)19/h3-6H,2H2,1H3. The highest BCUT2D eigenvalue weighted by molar-refractivity contribution is 8.37. The Morgan fingerprint density at radius 1 is 1.17 bits per heavy atom. The second kappa shape index (κ2) is 5.82. The van der Waals surface area contributed by atoms with Crippen molar-refractivity contribution in [2.45, 2.75) is 29.3 Å². The van der Waals surface area contributed by atoms with Gasteiger partial charge in [-0.1, -0.05) is 24.6 Å². The van der Waals surface area contributed by atoms with Crippen molar-refractivity contribution in [3.8, 4) is 0 Å². The molecule has 1 aromatic carbocycles. The molecule has 24 heavy (non-hydrogen) atoms. The summed E-state index contributed by atoms with van der Waals surface area (Å²) in [5.74, 6) is 0. The highest BCUT2D eigenvalue weighted by atomic mass is 35.5. The lowest BCUT2D eigenvalue weighted by Crippen LogP contribution is -2.32. The molecule has 0 aromatic heterocycles. The van der Waals surface area contributed by atoms with Crippen molar-refractivity contribution in [2.75, 3.05) is 0 Å². The van der Waals surface area contributed by atoms with Crippen LogP contribution < -0.4 is 0 Å². The van der Waals surface area contributed by atoms with Gasteiger partial charge in [-0.05, 0) is 30.2 Å². The molecule has 0 amide bonds. The van der Waals surface area contributed by atoms with E-state index in [9.17, 15) is 34.8 Å². The summed E-state index contributed by atoms with van der Waals surface area (Å²) in [7, 11) is -11.4. The van der Waals surface area contributed by atoms with Gasteiger partial charge in [0.05, 0.1) is 0 Å². The number of benzene rings is 1. The zero-order valence-electron chi connectivity index (χ0n) is 11.7. The smallest absolute Gasteiger partial charge is 0.196 e. The van der Waals surface area contributed by atoms with E-state index in [4.69, 9.17) is 11.6 Å². The van der Waals surface area contributed by atoms with Crippen molar-refractivity contribution in [1.82, 2.24) is 0 Å². The van der Waals surface area contributed by atoms with Crippen molar-refractivity contribution >= 4 is 38.1 Å². The van der Waals surface area contributed by atoms with Gasteiger partial charge in [0.25, 0.3) is 0 Å². The van der Waals surface area contributed by atoms with E-state index in [1.165, 1.54) is 13.0 Å². The normalized spacial score (nSPS) is 24.2. The summed E-state index contributed by atoms with van der Waals surface area (Å²) in [6.45, 7) is 1.26. The van der Waals surface area contributed by atoms with E-state index in [0.717, 1.165) is 18.2 Å². The van der Waals surface area contributed by atoms with Crippen LogP contribution in [-0.2, 0) is 13.7 Å². The van der Waals surface area contributed by atoms with E-state index in [2.05, 4.69) is 3.63 Å². The van der Waals surface area contributed by atoms with Crippen LogP contribution in [0.2, 0.25) is 5.02 Å². The van der Waals surface area contributed by atoms with Crippen LogP contribution >= 0.6 is 21.9 Å². The van der Waals surface area contributed by atoms with Crippen LogP contribution in [0, 0.1) is 0 Å². The van der Waals surface area contributed by atoms with Crippen molar-refractivity contribution in [2.24, 2.45) is 0 Å². The Balaban J connectivity index is 2.79. The van der Waals surface area contributed by atoms with Crippen LogP contribution in [0.15, 0.2) is 28.0 Å². The van der Waals surface area contributed by atoms with E-state index >= 15 is 0 Å². The molecule has 136 valence electrons. The average molecular weight is 415 g/mol. The molecule has 0 saturated heterocycles. The molecule has 1 heterocycles. The van der Waals surface area contributed by atoms with E-state index in [-0.39, 0.29) is 17.0 Å². The molecule has 0 radical (unpaired) electrons. The highest BCUT2D eigenvalue weighted by Crippen LogP contribution is 2.78. The Labute approximate surface area is 139 Å². The molecule has 0 fully saturated rings. The topological polar surface area (TPSA) is 43.4 Å². The Bertz CT molecular complexity index is 800. The second-order valence-corrected chi connectivity index (χ2v) is 9.51. The molecule has 0 spiro atoms. The molecule has 12 heteroatoms. The Kier molecular flexibility index (Phi) is 4.71. The Hall–Kier alpha value is -0.910. The number of alkyl halides is 6. The Morgan fingerprint density at radius 3 is 2.21 bits per heavy atom. The number of hydrogen-bond acceptors (Lipinski definition) is 3. The summed E-state index contributed by atoms with van der Waals surface area (Å²) in [5.41, 5.74) is -11.5. The number of rotatable bonds is 3. The zero-order valence-corrected chi connectivity index (χ0v) is 14.1. The van der Waals surface area contributed by atoms with Gasteiger partial charge < -0.3 is 0 Å². The van der Waals surface area contributed by atoms with Gasteiger partial charge >= 0.3 is 21.1 Å². The average Bonchev–Trinajstić information content (AvgIpc) is 2.71. The fourth-order valence-electron chi connectivity index (χ4n) is 2.14. The van der Waals surface area contributed by atoms with Gasteiger partial charge in [-0.3, -0.25) is 0 Å². The summed E-state index contributed by atoms with van der Waals surface area (Å²) in [6.07, 6.45) is 0.634. The first-order chi connectivity index (χ1) is 10.8. The minimum atomic E-state index is -6.49. The molecular weight excluding hydrogens is 406 g/mol. The van der Waals surface area contributed by atoms with Gasteiger partial charge in [0.1, 0.15) is 0 Å². The maximum absolute atomic E-state index is 13.8. The monoisotopic (exact) mass is 414 g/mol. The molecule has 3 nitrogen and oxygen atoms in total. The summed E-state index contributed by atoms with van der Waals surface area (Å²) in [5, 5.41) is -0.186. The SMILES string of the molecule is CCC1=Cc2ccc(Cl)cc2S1(OS(=O)(=O)C(F)(F)F)C(F)(F)F. The lowest BCUT2D eigenvalue weighted by molar-refractivity contribution is -0.0546. The van der Waals surface area contributed by atoms with Crippen molar-refractivity contribution < 1.29 is 38.4 Å². The fraction of sp³-hybridized carbons (Fsp3) is 0.333. The van der Waals surface area contributed by atoms with Crippen molar-refractivity contribution in [1.29, 1.82) is 0 Å². The van der Waals surface area contributed by atoms with Crippen LogP contribution in [0.25, 0.3) is 6.08 Å². The van der Waals surface area contributed by atoms with Gasteiger partial charge in [0.15, 0.2) is 0 Å². The van der Waals surface area contributed by atoms with E-state index in [0.29, 0.717) is 0 Å². The van der Waals surface area contributed by atoms with Gasteiger partial charge in [0.2, 0.25) is 0 Å². The van der Waals surface area contributed by atoms with Crippen LogP contribution in [-0.4, -0.2) is 19.4 Å². The molecule has 1 aromatic rings. The molecule has 0 bridgehead atoms. The third kappa shape index (κ3) is 2.91. The molecule has 0 N–H and O–H groups in total. The Morgan fingerprint density at radius 2 is 1.75 bits per heavy atom. The minimum absolute atomic E-state index is 0.0825. The van der Waals surface area contributed by atoms with Gasteiger partial charge in [0, 0.05) is 25.1 Å². The first-order valence-corrected chi connectivity index (χ1v) is 9.53. The molecule has 1 atom stereocenters. The van der Waals surface area contributed by atoms with Crippen molar-refractivity contribution in [3.05, 3.63) is 33.7 Å². The second-order valence-electron chi connectivity index (χ2n) is 4.62. The quantitative estimate of drug-likeness (QED) is 0.480. The third-order valence-electron chi connectivity index (χ3n) is 3.12. The molecule has 1 unspecified atom stereocenters. The van der Waals surface area contributed by atoms with Gasteiger partial charge in [-0.25, -0.2) is 0 Å². The van der Waals surface area contributed by atoms with Crippen LogP contribution in [0.4, 0.5) is 26.3 Å². The van der Waals surface area contributed by atoms with Gasteiger partial charge in [-0.2, -0.15) is 38.4 Å². The summed E-state index contributed by atoms with van der Waals surface area (Å²) < 4.78 is 106. The molecule has 2 rings (SSSR count). The largest absolute Gasteiger partial charge is 0.523 e. The first kappa shape index (κ1) is 19.4. The van der Waals surface area contributed by atoms with Crippen LogP contribution in [0.5, 0.6) is 0 Å². The zero-order chi connectivity index (χ0) is 18.6. The van der Waals surface area contributed by atoms with E-state index in [1.54, 1.807) is 0 Å². The molecule has 1 aliphatic heterocycles. The number of allylic oxidation sites excluding steroid dienone is 1. The summed E-state index contributed by atoms with van der Waals surface area (Å²) in [6, 6.07) is 3.19. The van der Waals surface area contributed by atoms with Gasteiger partial charge in [-0.15, -0.1) is 0 Å². The predicted octanol–water partition coefficient (Wildman–Crippen LogP) is 5.57. The molecular formula is C12H9ClF6O3S2. The number of hydrogen-bond donors (Lipinski definition) is 0. The lowest BCUT2D eigenvalue weighted by Gasteiger charge is -2.39. The third-order valence-corrected chi connectivity index (χ3v) is 8.23. The number of halogens is 7. The lowest BCUT2D eigenvalue weighted by atomic mass is 10.2. The minimum Gasteiger partial charge on any atom is -0.196 e. The summed E-state index contributed by atoms with van der Waals surface area (Å²) >= 11 is 5.65. The van der Waals surface area contributed by atoms with E-state index in [1.807, 2.05) is 0 Å². The fourth-order valence-corrected chi connectivity index (χ4v) is 7.00. The first-order valence-electron chi connectivity index (χ1n) is 6.18. The highest BCUT2D eigenvalue weighted by Gasteiger charge is 2.63. The van der Waals surface area contributed by atoms with Crippen LogP contribution in [0.1, 0.15) is 18.9 Å².